The van der Waals surface area contributed by atoms with E-state index in [0.29, 0.717) is 5.92 Å². The van der Waals surface area contributed by atoms with E-state index in [-0.39, 0.29) is 0 Å². The van der Waals surface area contributed by atoms with Gasteiger partial charge in [-0.3, -0.25) is 4.68 Å². The van der Waals surface area contributed by atoms with Gasteiger partial charge in [0.05, 0.1) is 5.69 Å². The summed E-state index contributed by atoms with van der Waals surface area (Å²) in [5.74, 6) is 0.395. The van der Waals surface area contributed by atoms with Crippen molar-refractivity contribution in [1.29, 1.82) is 0 Å². The van der Waals surface area contributed by atoms with E-state index in [0.717, 1.165) is 18.8 Å². The summed E-state index contributed by atoms with van der Waals surface area (Å²) in [6, 6.07) is 10.7. The Hall–Kier alpha value is -1.61. The molecule has 1 unspecified atom stereocenters. The molecular weight excluding hydrogens is 198 g/mol. The van der Waals surface area contributed by atoms with Gasteiger partial charge in [0.25, 0.3) is 0 Å². The highest BCUT2D eigenvalue weighted by molar-refractivity contribution is 5.37. The Morgan fingerprint density at radius 2 is 2.19 bits per heavy atom. The van der Waals surface area contributed by atoms with Gasteiger partial charge >= 0.3 is 0 Å². The van der Waals surface area contributed by atoms with Crippen LogP contribution in [0.4, 0.5) is 0 Å². The van der Waals surface area contributed by atoms with Crippen LogP contribution >= 0.6 is 0 Å². The lowest BCUT2D eigenvalue weighted by atomic mass is 9.89. The molecule has 0 amide bonds. The highest BCUT2D eigenvalue weighted by atomic mass is 15.2. The maximum atomic E-state index is 4.51. The highest BCUT2D eigenvalue weighted by Crippen LogP contribution is 2.28. The van der Waals surface area contributed by atoms with Crippen molar-refractivity contribution < 1.29 is 0 Å². The molecule has 0 bridgehead atoms. The van der Waals surface area contributed by atoms with Gasteiger partial charge in [-0.1, -0.05) is 24.3 Å². The summed E-state index contributed by atoms with van der Waals surface area (Å²) >= 11 is 0. The predicted octanol–water partition coefficient (Wildman–Crippen LogP) is 1.66. The molecule has 82 valence electrons. The lowest BCUT2D eigenvalue weighted by Gasteiger charge is -2.24. The van der Waals surface area contributed by atoms with Crippen LogP contribution in [-0.4, -0.2) is 16.3 Å². The summed E-state index contributed by atoms with van der Waals surface area (Å²) in [6.45, 7) is 1.95. The monoisotopic (exact) mass is 213 g/mol. The number of nitrogens with one attached hydrogen (secondary N) is 1. The Balaban J connectivity index is 2.04. The van der Waals surface area contributed by atoms with Crippen LogP contribution in [0.3, 0.4) is 0 Å². The molecule has 0 fully saturated rings. The van der Waals surface area contributed by atoms with Gasteiger partial charge in [0.2, 0.25) is 0 Å². The smallest absolute Gasteiger partial charge is 0.0712 e. The van der Waals surface area contributed by atoms with Gasteiger partial charge in [-0.25, -0.2) is 0 Å². The van der Waals surface area contributed by atoms with Crippen molar-refractivity contribution in [3.8, 4) is 0 Å². The minimum atomic E-state index is 0.395. The lowest BCUT2D eigenvalue weighted by molar-refractivity contribution is 0.575. The Morgan fingerprint density at radius 3 is 3.00 bits per heavy atom. The van der Waals surface area contributed by atoms with Gasteiger partial charge in [0.1, 0.15) is 0 Å². The highest BCUT2D eigenvalue weighted by Gasteiger charge is 2.22. The molecule has 16 heavy (non-hydrogen) atoms. The van der Waals surface area contributed by atoms with Crippen molar-refractivity contribution >= 4 is 0 Å². The molecule has 2 aromatic rings. The summed E-state index contributed by atoms with van der Waals surface area (Å²) in [7, 11) is 1.96. The Kier molecular flexibility index (Phi) is 2.26. The van der Waals surface area contributed by atoms with Gasteiger partial charge in [-0.2, -0.15) is 5.10 Å². The van der Waals surface area contributed by atoms with Crippen LogP contribution in [0.1, 0.15) is 22.7 Å². The molecule has 0 saturated heterocycles. The Morgan fingerprint density at radius 1 is 1.31 bits per heavy atom. The second-order valence-electron chi connectivity index (χ2n) is 4.30. The first-order valence-corrected chi connectivity index (χ1v) is 5.62. The van der Waals surface area contributed by atoms with E-state index in [1.165, 1.54) is 11.1 Å². The first-order valence-electron chi connectivity index (χ1n) is 5.62. The molecule has 3 rings (SSSR count). The van der Waals surface area contributed by atoms with Crippen LogP contribution in [0.25, 0.3) is 0 Å². The number of rotatable bonds is 1. The molecule has 2 heterocycles. The van der Waals surface area contributed by atoms with E-state index in [1.54, 1.807) is 0 Å². The molecule has 1 aliphatic rings. The number of hydrogen-bond acceptors (Lipinski definition) is 2. The van der Waals surface area contributed by atoms with Gasteiger partial charge < -0.3 is 5.32 Å². The minimum absolute atomic E-state index is 0.395. The Labute approximate surface area is 95.1 Å². The van der Waals surface area contributed by atoms with Crippen LogP contribution in [0.15, 0.2) is 36.5 Å². The molecule has 1 aromatic heterocycles. The van der Waals surface area contributed by atoms with Gasteiger partial charge in [0, 0.05) is 32.3 Å². The quantitative estimate of drug-likeness (QED) is 0.780. The van der Waals surface area contributed by atoms with E-state index >= 15 is 0 Å². The molecule has 3 heteroatoms. The second kappa shape index (κ2) is 3.76. The summed E-state index contributed by atoms with van der Waals surface area (Å²) in [4.78, 5) is 0. The number of fused-ring (bicyclic) bond motifs is 1. The van der Waals surface area contributed by atoms with E-state index < -0.39 is 0 Å². The maximum absolute atomic E-state index is 4.51. The zero-order valence-corrected chi connectivity index (χ0v) is 9.35. The molecule has 0 saturated carbocycles. The van der Waals surface area contributed by atoms with Crippen LogP contribution in [-0.2, 0) is 13.6 Å². The zero-order valence-electron chi connectivity index (χ0n) is 9.35. The van der Waals surface area contributed by atoms with E-state index in [4.69, 9.17) is 0 Å². The van der Waals surface area contributed by atoms with E-state index in [2.05, 4.69) is 40.7 Å². The number of nitrogens with zero attached hydrogens (tertiary/aromatic N) is 2. The molecule has 3 nitrogen and oxygen atoms in total. The standard InChI is InChI=1S/C13H15N3/c1-16-7-6-13(15-16)12-9-14-8-10-4-2-3-5-11(10)12/h2-7,12,14H,8-9H2,1H3. The molecule has 0 aliphatic carbocycles. The largest absolute Gasteiger partial charge is 0.312 e. The van der Waals surface area contributed by atoms with Crippen LogP contribution in [0.2, 0.25) is 0 Å². The average molecular weight is 213 g/mol. The summed E-state index contributed by atoms with van der Waals surface area (Å²) in [6.07, 6.45) is 2.01. The number of hydrogen-bond donors (Lipinski definition) is 1. The van der Waals surface area contributed by atoms with Crippen molar-refractivity contribution in [3.05, 3.63) is 53.3 Å². The fraction of sp³-hybridized carbons (Fsp3) is 0.308. The van der Waals surface area contributed by atoms with Crippen molar-refractivity contribution in [3.63, 3.8) is 0 Å². The second-order valence-corrected chi connectivity index (χ2v) is 4.30. The molecule has 1 N–H and O–H groups in total. The number of benzene rings is 1. The van der Waals surface area contributed by atoms with Crippen LogP contribution in [0.5, 0.6) is 0 Å². The maximum Gasteiger partial charge on any atom is 0.0712 e. The van der Waals surface area contributed by atoms with Crippen molar-refractivity contribution in [2.24, 2.45) is 7.05 Å². The van der Waals surface area contributed by atoms with Gasteiger partial charge in [0.15, 0.2) is 0 Å². The van der Waals surface area contributed by atoms with Crippen molar-refractivity contribution in [2.75, 3.05) is 6.54 Å². The summed E-state index contributed by atoms with van der Waals surface area (Å²) < 4.78 is 1.87. The fourth-order valence-corrected chi connectivity index (χ4v) is 2.38. The van der Waals surface area contributed by atoms with Crippen molar-refractivity contribution in [2.45, 2.75) is 12.5 Å². The average Bonchev–Trinajstić information content (AvgIpc) is 2.75. The first kappa shape index (κ1) is 9.60. The van der Waals surface area contributed by atoms with E-state index in [1.807, 2.05) is 17.9 Å². The molecule has 0 spiro atoms. The number of aryl methyl sites for hydroxylation is 1. The van der Waals surface area contributed by atoms with Crippen LogP contribution < -0.4 is 5.32 Å². The molecule has 1 aliphatic heterocycles. The Bertz CT molecular complexity index is 501. The van der Waals surface area contributed by atoms with Crippen molar-refractivity contribution in [1.82, 2.24) is 15.1 Å². The number of aromatic nitrogens is 2. The predicted molar refractivity (Wildman–Crippen MR) is 63.2 cm³/mol. The third kappa shape index (κ3) is 1.53. The summed E-state index contributed by atoms with van der Waals surface area (Å²) in [5, 5.41) is 7.96. The normalized spacial score (nSPS) is 19.4. The summed E-state index contributed by atoms with van der Waals surface area (Å²) in [5.41, 5.74) is 3.96. The first-order chi connectivity index (χ1) is 7.84. The molecule has 1 atom stereocenters. The topological polar surface area (TPSA) is 29.9 Å². The lowest BCUT2D eigenvalue weighted by Crippen LogP contribution is -2.29. The van der Waals surface area contributed by atoms with Gasteiger partial charge in [-0.05, 0) is 17.2 Å². The third-order valence-corrected chi connectivity index (χ3v) is 3.19. The van der Waals surface area contributed by atoms with E-state index in [9.17, 15) is 0 Å². The fourth-order valence-electron chi connectivity index (χ4n) is 2.38. The third-order valence-electron chi connectivity index (χ3n) is 3.19. The molecular formula is C13H15N3. The molecule has 0 radical (unpaired) electrons. The molecule has 1 aromatic carbocycles. The van der Waals surface area contributed by atoms with Crippen LogP contribution in [0, 0.1) is 0 Å². The SMILES string of the molecule is Cn1ccc(C2CNCc3ccccc32)n1. The zero-order chi connectivity index (χ0) is 11.0. The minimum Gasteiger partial charge on any atom is -0.312 e. The van der Waals surface area contributed by atoms with Gasteiger partial charge in [-0.15, -0.1) is 0 Å².